The van der Waals surface area contributed by atoms with E-state index in [1.165, 1.54) is 19.4 Å². The summed E-state index contributed by atoms with van der Waals surface area (Å²) in [4.78, 5) is 19.2. The van der Waals surface area contributed by atoms with Gasteiger partial charge in [-0.3, -0.25) is 0 Å². The lowest BCUT2D eigenvalue weighted by Gasteiger charge is -2.09. The maximum absolute atomic E-state index is 10.2. The van der Waals surface area contributed by atoms with E-state index >= 15 is 0 Å². The molecule has 0 saturated heterocycles. The molecule has 1 aliphatic heterocycles. The Bertz CT molecular complexity index is 145. The van der Waals surface area contributed by atoms with Gasteiger partial charge in [0.2, 0.25) is 0 Å². The zero-order chi connectivity index (χ0) is 6.69. The van der Waals surface area contributed by atoms with Gasteiger partial charge in [-0.2, -0.15) is 0 Å². The van der Waals surface area contributed by atoms with Crippen molar-refractivity contribution in [3.8, 4) is 0 Å². The average Bonchev–Trinajstić information content (AvgIpc) is 2.15. The van der Waals surface area contributed by atoms with Crippen molar-refractivity contribution in [2.24, 2.45) is 0 Å². The summed E-state index contributed by atoms with van der Waals surface area (Å²) < 4.78 is 0. The molecule has 1 aliphatic rings. The molecule has 9 heavy (non-hydrogen) atoms. The lowest BCUT2D eigenvalue weighted by molar-refractivity contribution is -0.209. The SMILES string of the molecule is CC(=O)ON1C=CON1. The van der Waals surface area contributed by atoms with Crippen LogP contribution in [0, 0.1) is 0 Å². The minimum Gasteiger partial charge on any atom is -0.392 e. The fourth-order valence-electron chi connectivity index (χ4n) is 0.386. The minimum atomic E-state index is -0.405. The highest BCUT2D eigenvalue weighted by atomic mass is 16.8. The summed E-state index contributed by atoms with van der Waals surface area (Å²) in [5.41, 5.74) is 2.27. The van der Waals surface area contributed by atoms with Crippen LogP contribution in [0.5, 0.6) is 0 Å². The highest BCUT2D eigenvalue weighted by Gasteiger charge is 2.05. The molecule has 5 heteroatoms. The number of carbonyl (C=O) groups is 1. The second-order valence-electron chi connectivity index (χ2n) is 1.40. The zero-order valence-electron chi connectivity index (χ0n) is 4.83. The Morgan fingerprint density at radius 1 is 1.89 bits per heavy atom. The zero-order valence-corrected chi connectivity index (χ0v) is 4.83. The van der Waals surface area contributed by atoms with Crippen molar-refractivity contribution in [1.82, 2.24) is 10.8 Å². The molecule has 0 aliphatic carbocycles. The third-order valence-electron chi connectivity index (χ3n) is 0.634. The molecule has 0 amide bonds. The Morgan fingerprint density at radius 3 is 3.11 bits per heavy atom. The fourth-order valence-corrected chi connectivity index (χ4v) is 0.386. The summed E-state index contributed by atoms with van der Waals surface area (Å²) >= 11 is 0. The summed E-state index contributed by atoms with van der Waals surface area (Å²) in [5.74, 6) is -0.405. The van der Waals surface area contributed by atoms with Crippen LogP contribution in [0.3, 0.4) is 0 Å². The van der Waals surface area contributed by atoms with Crippen molar-refractivity contribution < 1.29 is 14.5 Å². The molecule has 0 aromatic carbocycles. The van der Waals surface area contributed by atoms with Gasteiger partial charge in [0, 0.05) is 6.92 Å². The van der Waals surface area contributed by atoms with Gasteiger partial charge in [0.25, 0.3) is 0 Å². The van der Waals surface area contributed by atoms with Gasteiger partial charge in [-0.05, 0) is 5.59 Å². The number of hydrogen-bond donors (Lipinski definition) is 1. The smallest absolute Gasteiger partial charge is 0.331 e. The number of nitrogens with zero attached hydrogens (tertiary/aromatic N) is 1. The normalized spacial score (nSPS) is 15.4. The maximum Gasteiger partial charge on any atom is 0.331 e. The molecule has 1 heterocycles. The third-order valence-corrected chi connectivity index (χ3v) is 0.634. The molecule has 0 atom stereocenters. The molecule has 1 rings (SSSR count). The summed E-state index contributed by atoms with van der Waals surface area (Å²) in [6.45, 7) is 1.30. The van der Waals surface area contributed by atoms with Crippen LogP contribution < -0.4 is 5.59 Å². The summed E-state index contributed by atoms with van der Waals surface area (Å²) in [5, 5.41) is 1.06. The van der Waals surface area contributed by atoms with E-state index in [4.69, 9.17) is 0 Å². The highest BCUT2D eigenvalue weighted by molar-refractivity contribution is 5.65. The van der Waals surface area contributed by atoms with Crippen LogP contribution in [-0.4, -0.2) is 11.1 Å². The van der Waals surface area contributed by atoms with Crippen LogP contribution in [0.1, 0.15) is 6.92 Å². The van der Waals surface area contributed by atoms with E-state index in [2.05, 4.69) is 15.3 Å². The summed E-state index contributed by atoms with van der Waals surface area (Å²) in [6, 6.07) is 0. The van der Waals surface area contributed by atoms with Crippen molar-refractivity contribution in [1.29, 1.82) is 0 Å². The summed E-state index contributed by atoms with van der Waals surface area (Å²) in [7, 11) is 0. The molecule has 0 spiro atoms. The van der Waals surface area contributed by atoms with Crippen LogP contribution in [0.15, 0.2) is 12.5 Å². The molecule has 0 radical (unpaired) electrons. The van der Waals surface area contributed by atoms with Gasteiger partial charge >= 0.3 is 5.97 Å². The quantitative estimate of drug-likeness (QED) is 0.527. The van der Waals surface area contributed by atoms with E-state index < -0.39 is 5.97 Å². The van der Waals surface area contributed by atoms with Crippen molar-refractivity contribution in [3.05, 3.63) is 12.5 Å². The Kier molecular flexibility index (Phi) is 1.55. The van der Waals surface area contributed by atoms with E-state index in [9.17, 15) is 4.79 Å². The Morgan fingerprint density at radius 2 is 2.67 bits per heavy atom. The first-order valence-corrected chi connectivity index (χ1v) is 2.35. The predicted molar refractivity (Wildman–Crippen MR) is 27.0 cm³/mol. The van der Waals surface area contributed by atoms with Gasteiger partial charge in [0.05, 0.1) is 6.20 Å². The Labute approximate surface area is 51.7 Å². The van der Waals surface area contributed by atoms with Gasteiger partial charge in [-0.15, -0.1) is 5.17 Å². The van der Waals surface area contributed by atoms with Crippen molar-refractivity contribution in [2.45, 2.75) is 6.92 Å². The topological polar surface area (TPSA) is 50.8 Å². The number of carbonyl (C=O) groups excluding carboxylic acids is 1. The number of nitrogens with one attached hydrogen (secondary N) is 1. The number of rotatable bonds is 1. The standard InChI is InChI=1S/C4H6N2O3/c1-4(7)9-6-2-3-8-5-6/h2-3,5H,1H3. The Hall–Kier alpha value is -1.23. The molecule has 1 N–H and O–H groups in total. The first kappa shape index (κ1) is 5.90. The van der Waals surface area contributed by atoms with E-state index in [-0.39, 0.29) is 0 Å². The number of hydrogen-bond acceptors (Lipinski definition) is 5. The molecule has 0 aromatic heterocycles. The molecule has 50 valence electrons. The lowest BCUT2D eigenvalue weighted by Crippen LogP contribution is -2.29. The van der Waals surface area contributed by atoms with Crippen LogP contribution in [0.2, 0.25) is 0 Å². The van der Waals surface area contributed by atoms with Crippen LogP contribution in [0.4, 0.5) is 0 Å². The molecular formula is C4H6N2O3. The van der Waals surface area contributed by atoms with Crippen LogP contribution in [-0.2, 0) is 14.5 Å². The van der Waals surface area contributed by atoms with Crippen molar-refractivity contribution >= 4 is 5.97 Å². The monoisotopic (exact) mass is 130 g/mol. The second-order valence-corrected chi connectivity index (χ2v) is 1.40. The van der Waals surface area contributed by atoms with E-state index in [1.807, 2.05) is 0 Å². The number of hydrazine groups is 1. The van der Waals surface area contributed by atoms with Gasteiger partial charge in [0.15, 0.2) is 0 Å². The maximum atomic E-state index is 10.2. The minimum absolute atomic E-state index is 0.405. The van der Waals surface area contributed by atoms with Gasteiger partial charge in [0.1, 0.15) is 6.26 Å². The lowest BCUT2D eigenvalue weighted by atomic mass is 10.8. The Balaban J connectivity index is 2.28. The fraction of sp³-hybridized carbons (Fsp3) is 0.250. The average molecular weight is 130 g/mol. The molecule has 0 unspecified atom stereocenters. The molecule has 0 saturated carbocycles. The van der Waals surface area contributed by atoms with E-state index in [0.717, 1.165) is 5.17 Å². The van der Waals surface area contributed by atoms with Crippen LogP contribution in [0.25, 0.3) is 0 Å². The van der Waals surface area contributed by atoms with E-state index in [0.29, 0.717) is 0 Å². The first-order valence-electron chi connectivity index (χ1n) is 2.35. The van der Waals surface area contributed by atoms with Gasteiger partial charge in [-0.1, -0.05) is 0 Å². The molecule has 0 aromatic rings. The summed E-state index contributed by atoms with van der Waals surface area (Å²) in [6.07, 6.45) is 2.78. The third kappa shape index (κ3) is 1.61. The van der Waals surface area contributed by atoms with Crippen molar-refractivity contribution in [3.63, 3.8) is 0 Å². The van der Waals surface area contributed by atoms with Gasteiger partial charge < -0.3 is 9.68 Å². The largest absolute Gasteiger partial charge is 0.392 e. The number of hydroxylamine groups is 1. The second kappa shape index (κ2) is 2.36. The first-order chi connectivity index (χ1) is 4.29. The predicted octanol–water partition coefficient (Wildman–Crippen LogP) is -0.312. The van der Waals surface area contributed by atoms with Gasteiger partial charge in [-0.25, -0.2) is 4.79 Å². The molecular weight excluding hydrogens is 124 g/mol. The molecule has 5 nitrogen and oxygen atoms in total. The van der Waals surface area contributed by atoms with Crippen molar-refractivity contribution in [2.75, 3.05) is 0 Å². The van der Waals surface area contributed by atoms with E-state index in [1.54, 1.807) is 0 Å². The molecule has 0 fully saturated rings. The molecule has 0 bridgehead atoms. The highest BCUT2D eigenvalue weighted by Crippen LogP contribution is 1.94. The van der Waals surface area contributed by atoms with Crippen LogP contribution >= 0.6 is 0 Å².